The van der Waals surface area contributed by atoms with Gasteiger partial charge in [-0.3, -0.25) is 0 Å². The molecule has 2 aromatic carbocycles. The van der Waals surface area contributed by atoms with Crippen molar-refractivity contribution < 1.29 is 28.5 Å². The van der Waals surface area contributed by atoms with Gasteiger partial charge in [0.15, 0.2) is 0 Å². The molecule has 4 heterocycles. The van der Waals surface area contributed by atoms with Crippen LogP contribution in [-0.2, 0) is 32.2 Å². The highest BCUT2D eigenvalue weighted by Crippen LogP contribution is 2.33. The quantitative estimate of drug-likeness (QED) is 0.614. The minimum Gasteiger partial charge on any atom is -0.457 e. The number of hydrogen-bond acceptors (Lipinski definition) is 8. The Morgan fingerprint density at radius 1 is 0.667 bits per heavy atom. The lowest BCUT2D eigenvalue weighted by Gasteiger charge is -2.30. The van der Waals surface area contributed by atoms with E-state index in [0.717, 1.165) is 59.6 Å². The first-order valence-corrected chi connectivity index (χ1v) is 12.6. The highest BCUT2D eigenvalue weighted by atomic mass is 16.5. The predicted octanol–water partition coefficient (Wildman–Crippen LogP) is 3.43. The topological polar surface area (TPSA) is 95.1 Å². The molecule has 2 N–H and O–H groups in total. The molecular weight excluding hydrogens is 460 g/mol. The van der Waals surface area contributed by atoms with E-state index in [9.17, 15) is 9.59 Å². The number of carbonyl (C=O) groups excluding carboxylic acids is 2. The Hall–Kier alpha value is -2.78. The molecule has 6 rings (SSSR count). The number of fused-ring (bicyclic) bond motifs is 2. The van der Waals surface area contributed by atoms with Crippen molar-refractivity contribution in [3.63, 3.8) is 0 Å². The van der Waals surface area contributed by atoms with E-state index in [0.29, 0.717) is 24.3 Å². The van der Waals surface area contributed by atoms with E-state index in [1.165, 1.54) is 0 Å². The second-order valence-corrected chi connectivity index (χ2v) is 9.95. The van der Waals surface area contributed by atoms with E-state index in [1.54, 1.807) is 0 Å². The third-order valence-corrected chi connectivity index (χ3v) is 7.43. The minimum absolute atomic E-state index is 0.0646. The SMILES string of the molecule is Cc1c([C@@H]2CNCC(C)O2)ccc2c1COC2=O.Cc1c([C@@H]2CNCC(C)O2)ccc2c1COC2=O. The molecule has 0 saturated carbocycles. The Balaban J connectivity index is 0.000000148. The van der Waals surface area contributed by atoms with Crippen LogP contribution in [0.5, 0.6) is 0 Å². The molecule has 0 aliphatic carbocycles. The normalized spacial score (nSPS) is 26.9. The fraction of sp³-hybridized carbons (Fsp3) is 0.500. The van der Waals surface area contributed by atoms with Gasteiger partial charge in [-0.1, -0.05) is 12.1 Å². The summed E-state index contributed by atoms with van der Waals surface area (Å²) in [6.45, 7) is 12.4. The molecular formula is C28H34N2O6. The number of cyclic esters (lactones) is 2. The van der Waals surface area contributed by atoms with Crippen LogP contribution in [0.4, 0.5) is 0 Å². The first-order chi connectivity index (χ1) is 17.3. The molecule has 2 aromatic rings. The van der Waals surface area contributed by atoms with Gasteiger partial charge in [-0.2, -0.15) is 0 Å². The Kier molecular flexibility index (Phi) is 7.12. The molecule has 8 heteroatoms. The van der Waals surface area contributed by atoms with E-state index >= 15 is 0 Å². The third kappa shape index (κ3) is 4.78. The minimum atomic E-state index is -0.212. The lowest BCUT2D eigenvalue weighted by Crippen LogP contribution is -2.39. The molecule has 4 atom stereocenters. The van der Waals surface area contributed by atoms with Crippen LogP contribution in [0.25, 0.3) is 0 Å². The molecule has 36 heavy (non-hydrogen) atoms. The van der Waals surface area contributed by atoms with Gasteiger partial charge in [-0.05, 0) is 62.1 Å². The van der Waals surface area contributed by atoms with Crippen molar-refractivity contribution in [3.05, 3.63) is 68.8 Å². The summed E-state index contributed by atoms with van der Waals surface area (Å²) < 4.78 is 22.0. The number of rotatable bonds is 2. The fourth-order valence-electron chi connectivity index (χ4n) is 5.39. The van der Waals surface area contributed by atoms with Crippen LogP contribution in [-0.4, -0.2) is 50.3 Å². The van der Waals surface area contributed by atoms with Crippen LogP contribution in [0.15, 0.2) is 24.3 Å². The maximum absolute atomic E-state index is 11.5. The second-order valence-electron chi connectivity index (χ2n) is 9.95. The summed E-state index contributed by atoms with van der Waals surface area (Å²) in [6.07, 6.45) is 0.563. The van der Waals surface area contributed by atoms with E-state index in [2.05, 4.69) is 24.5 Å². The second kappa shape index (κ2) is 10.3. The molecule has 4 aliphatic rings. The van der Waals surface area contributed by atoms with Crippen LogP contribution < -0.4 is 10.6 Å². The summed E-state index contributed by atoms with van der Waals surface area (Å²) in [5.41, 5.74) is 8.00. The molecule has 4 aliphatic heterocycles. The van der Waals surface area contributed by atoms with Crippen molar-refractivity contribution >= 4 is 11.9 Å². The molecule has 192 valence electrons. The Bertz CT molecular complexity index is 1090. The van der Waals surface area contributed by atoms with Crippen LogP contribution in [0.2, 0.25) is 0 Å². The van der Waals surface area contributed by atoms with Gasteiger partial charge in [0.05, 0.1) is 35.5 Å². The lowest BCUT2D eigenvalue weighted by molar-refractivity contribution is -0.0292. The van der Waals surface area contributed by atoms with E-state index in [1.807, 2.05) is 38.1 Å². The third-order valence-electron chi connectivity index (χ3n) is 7.43. The summed E-state index contributed by atoms with van der Waals surface area (Å²) in [5, 5.41) is 6.73. The zero-order chi connectivity index (χ0) is 25.4. The summed E-state index contributed by atoms with van der Waals surface area (Å²) in [5.74, 6) is -0.425. The lowest BCUT2D eigenvalue weighted by atomic mass is 9.94. The van der Waals surface area contributed by atoms with Gasteiger partial charge >= 0.3 is 11.9 Å². The molecule has 0 radical (unpaired) electrons. The number of esters is 2. The first kappa shape index (κ1) is 24.9. The molecule has 0 spiro atoms. The largest absolute Gasteiger partial charge is 0.457 e. The van der Waals surface area contributed by atoms with Crippen molar-refractivity contribution in [1.82, 2.24) is 10.6 Å². The summed E-state index contributed by atoms with van der Waals surface area (Å²) in [7, 11) is 0. The number of ether oxygens (including phenoxy) is 4. The number of carbonyl (C=O) groups is 2. The van der Waals surface area contributed by atoms with Crippen molar-refractivity contribution in [2.75, 3.05) is 26.2 Å². The molecule has 0 amide bonds. The maximum Gasteiger partial charge on any atom is 0.338 e. The first-order valence-electron chi connectivity index (χ1n) is 12.6. The van der Waals surface area contributed by atoms with Crippen molar-refractivity contribution in [2.45, 2.75) is 65.3 Å². The van der Waals surface area contributed by atoms with Crippen LogP contribution in [0.1, 0.15) is 80.2 Å². The van der Waals surface area contributed by atoms with Crippen LogP contribution in [0, 0.1) is 13.8 Å². The fourth-order valence-corrected chi connectivity index (χ4v) is 5.39. The average Bonchev–Trinajstić information content (AvgIpc) is 3.43. The number of benzene rings is 2. The van der Waals surface area contributed by atoms with Gasteiger partial charge < -0.3 is 29.6 Å². The van der Waals surface area contributed by atoms with Gasteiger partial charge in [-0.15, -0.1) is 0 Å². The Labute approximate surface area is 211 Å². The van der Waals surface area contributed by atoms with Gasteiger partial charge in [0.1, 0.15) is 13.2 Å². The molecule has 8 nitrogen and oxygen atoms in total. The van der Waals surface area contributed by atoms with Gasteiger partial charge in [-0.25, -0.2) is 9.59 Å². The van der Waals surface area contributed by atoms with E-state index in [4.69, 9.17) is 18.9 Å². The smallest absolute Gasteiger partial charge is 0.338 e. The molecule has 2 unspecified atom stereocenters. The highest BCUT2D eigenvalue weighted by Gasteiger charge is 2.29. The monoisotopic (exact) mass is 494 g/mol. The summed E-state index contributed by atoms with van der Waals surface area (Å²) in [6, 6.07) is 7.70. The van der Waals surface area contributed by atoms with Crippen LogP contribution in [0.3, 0.4) is 0 Å². The Morgan fingerprint density at radius 3 is 1.47 bits per heavy atom. The van der Waals surface area contributed by atoms with Crippen molar-refractivity contribution in [2.24, 2.45) is 0 Å². The maximum atomic E-state index is 11.5. The van der Waals surface area contributed by atoms with Crippen molar-refractivity contribution in [3.8, 4) is 0 Å². The number of hydrogen-bond donors (Lipinski definition) is 2. The summed E-state index contributed by atoms with van der Waals surface area (Å²) in [4.78, 5) is 23.0. The Morgan fingerprint density at radius 2 is 1.08 bits per heavy atom. The van der Waals surface area contributed by atoms with Crippen LogP contribution >= 0.6 is 0 Å². The average molecular weight is 495 g/mol. The predicted molar refractivity (Wildman–Crippen MR) is 133 cm³/mol. The number of morpholine rings is 2. The number of nitrogens with one attached hydrogen (secondary N) is 2. The van der Waals surface area contributed by atoms with E-state index < -0.39 is 0 Å². The molecule has 2 fully saturated rings. The molecule has 2 saturated heterocycles. The van der Waals surface area contributed by atoms with E-state index in [-0.39, 0.29) is 36.4 Å². The molecule has 0 aromatic heterocycles. The highest BCUT2D eigenvalue weighted by molar-refractivity contribution is 5.94. The standard InChI is InChI=1S/2C14H17NO3/c2*1-8-5-15-6-13(18-8)10-3-4-11-12(9(10)2)7-17-14(11)16/h2*3-4,8,13,15H,5-7H2,1-2H3/t2*8?,13-/m00/s1. The van der Waals surface area contributed by atoms with Crippen molar-refractivity contribution in [1.29, 1.82) is 0 Å². The summed E-state index contributed by atoms with van der Waals surface area (Å²) >= 11 is 0. The van der Waals surface area contributed by atoms with Gasteiger partial charge in [0, 0.05) is 37.3 Å². The van der Waals surface area contributed by atoms with Gasteiger partial charge in [0.25, 0.3) is 0 Å². The van der Waals surface area contributed by atoms with Gasteiger partial charge in [0.2, 0.25) is 0 Å². The zero-order valence-electron chi connectivity index (χ0n) is 21.3. The zero-order valence-corrected chi connectivity index (χ0v) is 21.3. The molecule has 0 bridgehead atoms.